The van der Waals surface area contributed by atoms with Crippen molar-refractivity contribution in [2.45, 2.75) is 64.0 Å². The van der Waals surface area contributed by atoms with Gasteiger partial charge in [-0.05, 0) is 44.7 Å². The number of anilines is 1. The summed E-state index contributed by atoms with van der Waals surface area (Å²) < 4.78 is 1.89. The van der Waals surface area contributed by atoms with Gasteiger partial charge in [-0.1, -0.05) is 18.9 Å². The number of aryl methyl sites for hydroxylation is 1. The van der Waals surface area contributed by atoms with Crippen molar-refractivity contribution in [1.82, 2.24) is 14.5 Å². The van der Waals surface area contributed by atoms with E-state index in [4.69, 9.17) is 4.98 Å². The van der Waals surface area contributed by atoms with Crippen LogP contribution in [-0.4, -0.2) is 25.6 Å². The first-order valence-electron chi connectivity index (χ1n) is 10.4. The molecule has 1 saturated carbocycles. The molecular formula is C22H24N4O3S. The number of aromatic nitrogens is 3. The highest BCUT2D eigenvalue weighted by atomic mass is 32.1. The largest absolute Gasteiger partial charge is 0.476 e. The van der Waals surface area contributed by atoms with Gasteiger partial charge in [-0.25, -0.2) is 14.8 Å². The second-order valence-electron chi connectivity index (χ2n) is 8.58. The Morgan fingerprint density at radius 1 is 1.30 bits per heavy atom. The van der Waals surface area contributed by atoms with Crippen LogP contribution in [0.25, 0.3) is 10.9 Å². The minimum Gasteiger partial charge on any atom is -0.476 e. The van der Waals surface area contributed by atoms with Crippen LogP contribution >= 0.6 is 11.3 Å². The lowest BCUT2D eigenvalue weighted by Gasteiger charge is -2.23. The summed E-state index contributed by atoms with van der Waals surface area (Å²) in [6, 6.07) is 3.74. The number of rotatable bonds is 4. The molecule has 8 heteroatoms. The number of hydrogen-bond acceptors (Lipinski definition) is 6. The third-order valence-corrected chi connectivity index (χ3v) is 7.42. The van der Waals surface area contributed by atoms with Gasteiger partial charge in [-0.2, -0.15) is 0 Å². The molecule has 156 valence electrons. The molecule has 1 spiro atoms. The van der Waals surface area contributed by atoms with Gasteiger partial charge in [0.05, 0.1) is 22.5 Å². The third-order valence-electron chi connectivity index (χ3n) is 6.67. The molecule has 30 heavy (non-hydrogen) atoms. The Kier molecular flexibility index (Phi) is 4.43. The minimum absolute atomic E-state index is 0.0163. The highest BCUT2D eigenvalue weighted by Crippen LogP contribution is 2.46. The normalized spacial score (nSPS) is 18.1. The van der Waals surface area contributed by atoms with Gasteiger partial charge in [0, 0.05) is 17.5 Å². The summed E-state index contributed by atoms with van der Waals surface area (Å²) >= 11 is 1.26. The fourth-order valence-corrected chi connectivity index (χ4v) is 5.94. The van der Waals surface area contributed by atoms with Crippen LogP contribution in [0.15, 0.2) is 22.4 Å². The highest BCUT2D eigenvalue weighted by molar-refractivity contribution is 7.14. The lowest BCUT2D eigenvalue weighted by atomic mass is 9.84. The topological polar surface area (TPSA) is 97.1 Å². The van der Waals surface area contributed by atoms with Crippen LogP contribution in [0.1, 0.15) is 72.5 Å². The number of aromatic carboxylic acids is 1. The molecular weight excluding hydrogens is 400 g/mol. The summed E-state index contributed by atoms with van der Waals surface area (Å²) in [6.45, 7) is 4.69. The molecule has 0 radical (unpaired) electrons. The van der Waals surface area contributed by atoms with Gasteiger partial charge >= 0.3 is 5.97 Å². The molecule has 1 aromatic carbocycles. The lowest BCUT2D eigenvalue weighted by Crippen LogP contribution is -2.27. The molecule has 0 bridgehead atoms. The van der Waals surface area contributed by atoms with Crippen molar-refractivity contribution in [1.29, 1.82) is 0 Å². The Balaban J connectivity index is 1.65. The number of benzene rings is 1. The van der Waals surface area contributed by atoms with E-state index in [0.717, 1.165) is 48.3 Å². The van der Waals surface area contributed by atoms with E-state index in [1.807, 2.05) is 30.5 Å². The number of nitrogens with zero attached hydrogens (tertiary/aromatic N) is 3. The van der Waals surface area contributed by atoms with Gasteiger partial charge in [0.1, 0.15) is 10.8 Å². The molecule has 1 aliphatic carbocycles. The number of thiazole rings is 1. The second kappa shape index (κ2) is 6.91. The molecule has 7 nitrogen and oxygen atoms in total. The molecule has 1 fully saturated rings. The molecule has 0 amide bonds. The SMILES string of the molecule is Cc1cc([C@@H](C)Nc2scnc2C(=O)O)c2nc3n(c(=O)c2c1)CCC31CCCC1. The van der Waals surface area contributed by atoms with Gasteiger partial charge in [-0.3, -0.25) is 9.36 Å². The maximum Gasteiger partial charge on any atom is 0.357 e. The molecule has 1 aliphatic heterocycles. The Morgan fingerprint density at radius 2 is 2.07 bits per heavy atom. The summed E-state index contributed by atoms with van der Waals surface area (Å²) in [7, 11) is 0. The predicted octanol–water partition coefficient (Wildman–Crippen LogP) is 4.25. The van der Waals surface area contributed by atoms with Crippen LogP contribution in [0.3, 0.4) is 0 Å². The molecule has 2 N–H and O–H groups in total. The fourth-order valence-electron chi connectivity index (χ4n) is 5.18. The number of carbonyl (C=O) groups is 1. The van der Waals surface area contributed by atoms with Crippen molar-refractivity contribution in [3.05, 3.63) is 50.6 Å². The third kappa shape index (κ3) is 2.85. The first-order valence-corrected chi connectivity index (χ1v) is 11.3. The molecule has 3 aromatic rings. The van der Waals surface area contributed by atoms with E-state index < -0.39 is 5.97 Å². The van der Waals surface area contributed by atoms with Crippen LogP contribution < -0.4 is 10.9 Å². The van der Waals surface area contributed by atoms with E-state index >= 15 is 0 Å². The number of carboxylic acids is 1. The zero-order chi connectivity index (χ0) is 21.0. The monoisotopic (exact) mass is 424 g/mol. The summed E-state index contributed by atoms with van der Waals surface area (Å²) in [5.74, 6) is -0.115. The second-order valence-corrected chi connectivity index (χ2v) is 9.44. The van der Waals surface area contributed by atoms with Gasteiger partial charge in [0.2, 0.25) is 0 Å². The van der Waals surface area contributed by atoms with E-state index in [1.54, 1.807) is 0 Å². The first-order chi connectivity index (χ1) is 14.4. The summed E-state index contributed by atoms with van der Waals surface area (Å²) in [5, 5.41) is 13.8. The van der Waals surface area contributed by atoms with Crippen LogP contribution in [-0.2, 0) is 12.0 Å². The van der Waals surface area contributed by atoms with E-state index in [9.17, 15) is 14.7 Å². The van der Waals surface area contributed by atoms with Gasteiger partial charge in [-0.15, -0.1) is 11.3 Å². The van der Waals surface area contributed by atoms with Crippen molar-refractivity contribution >= 4 is 33.2 Å². The summed E-state index contributed by atoms with van der Waals surface area (Å²) in [4.78, 5) is 33.8. The Labute approximate surface area is 177 Å². The number of carboxylic acid groups (broad SMARTS) is 1. The number of fused-ring (bicyclic) bond motifs is 3. The Morgan fingerprint density at radius 3 is 2.80 bits per heavy atom. The van der Waals surface area contributed by atoms with Gasteiger partial charge < -0.3 is 10.4 Å². The van der Waals surface area contributed by atoms with Crippen molar-refractivity contribution in [3.8, 4) is 0 Å². The van der Waals surface area contributed by atoms with Gasteiger partial charge in [0.15, 0.2) is 5.69 Å². The Bertz CT molecular complexity index is 1220. The lowest BCUT2D eigenvalue weighted by molar-refractivity contribution is 0.0692. The van der Waals surface area contributed by atoms with Crippen molar-refractivity contribution in [3.63, 3.8) is 0 Å². The highest BCUT2D eigenvalue weighted by Gasteiger charge is 2.43. The van der Waals surface area contributed by atoms with Crippen LogP contribution in [0.2, 0.25) is 0 Å². The van der Waals surface area contributed by atoms with E-state index in [0.29, 0.717) is 10.4 Å². The summed E-state index contributed by atoms with van der Waals surface area (Å²) in [5.41, 5.74) is 4.25. The average molecular weight is 425 g/mol. The maximum absolute atomic E-state index is 13.4. The fraction of sp³-hybridized carbons (Fsp3) is 0.455. The minimum atomic E-state index is -1.06. The molecule has 1 atom stereocenters. The number of hydrogen-bond donors (Lipinski definition) is 2. The molecule has 3 heterocycles. The zero-order valence-corrected chi connectivity index (χ0v) is 17.9. The van der Waals surface area contributed by atoms with E-state index in [2.05, 4.69) is 10.3 Å². The molecule has 2 aliphatic rings. The maximum atomic E-state index is 13.4. The van der Waals surface area contributed by atoms with Crippen LogP contribution in [0.4, 0.5) is 5.00 Å². The first kappa shape index (κ1) is 19.2. The Hall–Kier alpha value is -2.74. The molecule has 5 rings (SSSR count). The van der Waals surface area contributed by atoms with Crippen LogP contribution in [0, 0.1) is 6.92 Å². The quantitative estimate of drug-likeness (QED) is 0.650. The standard InChI is InChI=1S/C22H24N4O3S/c1-12-9-14(13(2)24-18-17(20(28)29)23-11-30-18)16-15(10-12)19(27)26-8-7-22(21(26)25-16)5-3-4-6-22/h9-11,13,24H,3-8H2,1-2H3,(H,28,29)/t13-/m1/s1. The molecule has 0 unspecified atom stereocenters. The number of nitrogens with one attached hydrogen (secondary N) is 1. The smallest absolute Gasteiger partial charge is 0.357 e. The average Bonchev–Trinajstić information content (AvgIpc) is 3.44. The van der Waals surface area contributed by atoms with Crippen molar-refractivity contribution < 1.29 is 9.90 Å². The van der Waals surface area contributed by atoms with Crippen molar-refractivity contribution in [2.75, 3.05) is 5.32 Å². The molecule has 0 saturated heterocycles. The zero-order valence-electron chi connectivity index (χ0n) is 17.1. The van der Waals surface area contributed by atoms with E-state index in [-0.39, 0.29) is 22.7 Å². The van der Waals surface area contributed by atoms with Crippen LogP contribution in [0.5, 0.6) is 0 Å². The van der Waals surface area contributed by atoms with Crippen molar-refractivity contribution in [2.24, 2.45) is 0 Å². The predicted molar refractivity (Wildman–Crippen MR) is 117 cm³/mol. The summed E-state index contributed by atoms with van der Waals surface area (Å²) in [6.07, 6.45) is 5.58. The van der Waals surface area contributed by atoms with E-state index in [1.165, 1.54) is 29.7 Å². The van der Waals surface area contributed by atoms with Gasteiger partial charge in [0.25, 0.3) is 5.56 Å². The molecule has 2 aromatic heterocycles.